The average Bonchev–Trinajstić information content (AvgIpc) is 2.45. The molecule has 6 heteroatoms. The molecule has 2 rings (SSSR count). The van der Waals surface area contributed by atoms with Crippen LogP contribution in [-0.4, -0.2) is 23.2 Å². The van der Waals surface area contributed by atoms with E-state index >= 15 is 0 Å². The van der Waals surface area contributed by atoms with Gasteiger partial charge in [0.05, 0.1) is 4.92 Å². The number of rotatable bonds is 5. The Kier molecular flexibility index (Phi) is 5.20. The van der Waals surface area contributed by atoms with Crippen molar-refractivity contribution in [2.75, 3.05) is 18.5 Å². The first-order valence-electron chi connectivity index (χ1n) is 6.90. The molecule has 1 aliphatic rings. The van der Waals surface area contributed by atoms with Crippen molar-refractivity contribution in [2.24, 2.45) is 11.8 Å². The average molecular weight is 299 g/mol. The van der Waals surface area contributed by atoms with Gasteiger partial charge in [0, 0.05) is 24.2 Å². The van der Waals surface area contributed by atoms with Crippen molar-refractivity contribution < 1.29 is 10.0 Å². The van der Waals surface area contributed by atoms with Gasteiger partial charge in [-0.1, -0.05) is 24.4 Å². The molecule has 1 aliphatic carbocycles. The van der Waals surface area contributed by atoms with Crippen molar-refractivity contribution in [1.29, 1.82) is 0 Å². The van der Waals surface area contributed by atoms with Gasteiger partial charge in [-0.15, -0.1) is 0 Å². The Morgan fingerprint density at radius 3 is 2.70 bits per heavy atom. The van der Waals surface area contributed by atoms with Crippen LogP contribution in [0.15, 0.2) is 18.2 Å². The highest BCUT2D eigenvalue weighted by Gasteiger charge is 2.25. The molecule has 2 atom stereocenters. The number of aliphatic hydroxyl groups excluding tert-OH is 1. The molecule has 2 N–H and O–H groups in total. The number of aliphatic hydroxyl groups is 1. The van der Waals surface area contributed by atoms with Gasteiger partial charge in [0.15, 0.2) is 0 Å². The van der Waals surface area contributed by atoms with E-state index in [1.54, 1.807) is 6.07 Å². The molecule has 1 fully saturated rings. The van der Waals surface area contributed by atoms with E-state index in [9.17, 15) is 15.2 Å². The monoisotopic (exact) mass is 298 g/mol. The fourth-order valence-electron chi connectivity index (χ4n) is 2.84. The molecule has 0 saturated heterocycles. The number of hydrogen-bond acceptors (Lipinski definition) is 4. The van der Waals surface area contributed by atoms with E-state index in [0.29, 0.717) is 23.2 Å². The van der Waals surface area contributed by atoms with Crippen LogP contribution in [0, 0.1) is 22.0 Å². The quantitative estimate of drug-likeness (QED) is 0.645. The van der Waals surface area contributed by atoms with Crippen LogP contribution in [0.3, 0.4) is 0 Å². The summed E-state index contributed by atoms with van der Waals surface area (Å²) in [4.78, 5) is 10.6. The Bertz CT molecular complexity index is 481. The van der Waals surface area contributed by atoms with E-state index in [2.05, 4.69) is 5.32 Å². The summed E-state index contributed by atoms with van der Waals surface area (Å²) in [7, 11) is 0. The number of hydrogen-bond donors (Lipinski definition) is 2. The minimum absolute atomic E-state index is 0.0331. The van der Waals surface area contributed by atoms with Crippen LogP contribution in [0.25, 0.3) is 0 Å². The molecule has 0 bridgehead atoms. The summed E-state index contributed by atoms with van der Waals surface area (Å²) in [6.45, 7) is 0.816. The van der Waals surface area contributed by atoms with E-state index in [4.69, 9.17) is 11.6 Å². The van der Waals surface area contributed by atoms with Crippen LogP contribution >= 0.6 is 11.6 Å². The van der Waals surface area contributed by atoms with E-state index in [1.807, 2.05) is 0 Å². The van der Waals surface area contributed by atoms with Gasteiger partial charge in [-0.05, 0) is 36.8 Å². The lowest BCUT2D eigenvalue weighted by molar-refractivity contribution is -0.384. The Hall–Kier alpha value is -1.33. The van der Waals surface area contributed by atoms with Gasteiger partial charge in [-0.2, -0.15) is 0 Å². The molecule has 5 nitrogen and oxygen atoms in total. The highest BCUT2D eigenvalue weighted by Crippen LogP contribution is 2.32. The molecule has 1 aromatic carbocycles. The lowest BCUT2D eigenvalue weighted by atomic mass is 9.79. The van der Waals surface area contributed by atoms with Crippen molar-refractivity contribution in [3.05, 3.63) is 33.3 Å². The second kappa shape index (κ2) is 6.90. The molecule has 0 aliphatic heterocycles. The number of anilines is 1. The summed E-state index contributed by atoms with van der Waals surface area (Å²) in [5.41, 5.74) is 0.482. The van der Waals surface area contributed by atoms with Crippen molar-refractivity contribution in [2.45, 2.75) is 25.7 Å². The molecule has 0 radical (unpaired) electrons. The van der Waals surface area contributed by atoms with Gasteiger partial charge in [0.25, 0.3) is 5.69 Å². The number of nitrogens with one attached hydrogen (secondary N) is 1. The molecule has 0 heterocycles. The Labute approximate surface area is 123 Å². The molecule has 1 saturated carbocycles. The van der Waals surface area contributed by atoms with E-state index in [-0.39, 0.29) is 18.2 Å². The normalized spacial score (nSPS) is 22.5. The van der Waals surface area contributed by atoms with E-state index in [1.165, 1.54) is 12.1 Å². The Balaban J connectivity index is 2.06. The SMILES string of the molecule is O=[N+]([O-])c1ccc(Cl)cc1NCC1CCCCC1CO. The first-order valence-corrected chi connectivity index (χ1v) is 7.28. The maximum Gasteiger partial charge on any atom is 0.292 e. The second-order valence-corrected chi connectivity index (χ2v) is 5.72. The first-order chi connectivity index (χ1) is 9.61. The van der Waals surface area contributed by atoms with Gasteiger partial charge < -0.3 is 10.4 Å². The standard InChI is InChI=1S/C14H19ClN2O3/c15-12-5-6-14(17(19)20)13(7-12)16-8-10-3-1-2-4-11(10)9-18/h5-7,10-11,16,18H,1-4,8-9H2. The highest BCUT2D eigenvalue weighted by molar-refractivity contribution is 6.31. The number of nitro groups is 1. The summed E-state index contributed by atoms with van der Waals surface area (Å²) >= 11 is 5.90. The Morgan fingerprint density at radius 2 is 2.05 bits per heavy atom. The van der Waals surface area contributed by atoms with Gasteiger partial charge in [-0.3, -0.25) is 10.1 Å². The third-order valence-electron chi connectivity index (χ3n) is 4.01. The highest BCUT2D eigenvalue weighted by atomic mass is 35.5. The van der Waals surface area contributed by atoms with Crippen molar-refractivity contribution in [3.8, 4) is 0 Å². The zero-order chi connectivity index (χ0) is 14.5. The lowest BCUT2D eigenvalue weighted by Crippen LogP contribution is -2.28. The smallest absolute Gasteiger partial charge is 0.292 e. The summed E-state index contributed by atoms with van der Waals surface area (Å²) < 4.78 is 0. The van der Waals surface area contributed by atoms with Crippen LogP contribution in [0.1, 0.15) is 25.7 Å². The van der Waals surface area contributed by atoms with Crippen molar-refractivity contribution >= 4 is 23.0 Å². The van der Waals surface area contributed by atoms with Crippen LogP contribution < -0.4 is 5.32 Å². The molecule has 0 amide bonds. The Morgan fingerprint density at radius 1 is 1.35 bits per heavy atom. The lowest BCUT2D eigenvalue weighted by Gasteiger charge is -2.30. The number of nitrogens with zero attached hydrogens (tertiary/aromatic N) is 1. The van der Waals surface area contributed by atoms with Gasteiger partial charge in [0.2, 0.25) is 0 Å². The third-order valence-corrected chi connectivity index (χ3v) is 4.25. The first kappa shape index (κ1) is 15.1. The molecular weight excluding hydrogens is 280 g/mol. The molecule has 0 spiro atoms. The summed E-state index contributed by atoms with van der Waals surface area (Å²) in [5, 5.41) is 24.0. The van der Waals surface area contributed by atoms with Crippen LogP contribution in [-0.2, 0) is 0 Å². The number of benzene rings is 1. The van der Waals surface area contributed by atoms with Crippen molar-refractivity contribution in [3.63, 3.8) is 0 Å². The number of nitro benzene ring substituents is 1. The minimum Gasteiger partial charge on any atom is -0.396 e. The second-order valence-electron chi connectivity index (χ2n) is 5.29. The maximum atomic E-state index is 11.0. The summed E-state index contributed by atoms with van der Waals surface area (Å²) in [6.07, 6.45) is 4.38. The predicted molar refractivity (Wildman–Crippen MR) is 79.1 cm³/mol. The molecule has 0 aromatic heterocycles. The zero-order valence-corrected chi connectivity index (χ0v) is 12.0. The minimum atomic E-state index is -0.414. The molecule has 1 aromatic rings. The van der Waals surface area contributed by atoms with Crippen LogP contribution in [0.4, 0.5) is 11.4 Å². The fourth-order valence-corrected chi connectivity index (χ4v) is 3.02. The molecular formula is C14H19ClN2O3. The molecule has 2 unspecified atom stereocenters. The third kappa shape index (κ3) is 3.61. The van der Waals surface area contributed by atoms with Crippen LogP contribution in [0.5, 0.6) is 0 Å². The molecule has 20 heavy (non-hydrogen) atoms. The van der Waals surface area contributed by atoms with Gasteiger partial charge >= 0.3 is 0 Å². The fraction of sp³-hybridized carbons (Fsp3) is 0.571. The zero-order valence-electron chi connectivity index (χ0n) is 11.2. The van der Waals surface area contributed by atoms with Crippen molar-refractivity contribution in [1.82, 2.24) is 0 Å². The maximum absolute atomic E-state index is 11.0. The molecule has 110 valence electrons. The largest absolute Gasteiger partial charge is 0.396 e. The predicted octanol–water partition coefficient (Wildman–Crippen LogP) is 3.46. The topological polar surface area (TPSA) is 75.4 Å². The summed E-state index contributed by atoms with van der Waals surface area (Å²) in [5.74, 6) is 0.641. The van der Waals surface area contributed by atoms with Gasteiger partial charge in [-0.25, -0.2) is 0 Å². The summed E-state index contributed by atoms with van der Waals surface area (Å²) in [6, 6.07) is 4.51. The van der Waals surface area contributed by atoms with E-state index in [0.717, 1.165) is 25.7 Å². The van der Waals surface area contributed by atoms with Gasteiger partial charge in [0.1, 0.15) is 5.69 Å². The van der Waals surface area contributed by atoms with Crippen LogP contribution in [0.2, 0.25) is 5.02 Å². The number of halogens is 1. The van der Waals surface area contributed by atoms with E-state index < -0.39 is 4.92 Å².